The highest BCUT2D eigenvalue weighted by atomic mass is 15.1. The first-order valence-electron chi connectivity index (χ1n) is 10.4. The van der Waals surface area contributed by atoms with Crippen LogP contribution in [0.25, 0.3) is 11.0 Å². The zero-order valence-corrected chi connectivity index (χ0v) is 16.9. The van der Waals surface area contributed by atoms with Gasteiger partial charge in [-0.05, 0) is 76.4 Å². The van der Waals surface area contributed by atoms with Crippen molar-refractivity contribution in [2.45, 2.75) is 79.2 Å². The molecule has 0 radical (unpaired) electrons. The Balaban J connectivity index is 1.89. The van der Waals surface area contributed by atoms with E-state index in [1.54, 1.807) is 0 Å². The Morgan fingerprint density at radius 3 is 2.36 bits per heavy atom. The minimum absolute atomic E-state index is 1.08. The van der Waals surface area contributed by atoms with Crippen LogP contribution in [0.5, 0.6) is 0 Å². The van der Waals surface area contributed by atoms with E-state index in [9.17, 15) is 0 Å². The second-order valence-corrected chi connectivity index (χ2v) is 7.32. The summed E-state index contributed by atoms with van der Waals surface area (Å²) in [5.74, 6) is 1.28. The molecule has 0 unspecified atom stereocenters. The summed E-state index contributed by atoms with van der Waals surface area (Å²) in [7, 11) is 0. The molecule has 0 spiro atoms. The molecule has 1 heterocycles. The van der Waals surface area contributed by atoms with E-state index in [-0.39, 0.29) is 0 Å². The summed E-state index contributed by atoms with van der Waals surface area (Å²) in [6.45, 7) is 13.8. The van der Waals surface area contributed by atoms with Crippen molar-refractivity contribution in [3.63, 3.8) is 0 Å². The number of fused-ring (bicyclic) bond motifs is 1. The van der Waals surface area contributed by atoms with Gasteiger partial charge in [-0.2, -0.15) is 0 Å². The van der Waals surface area contributed by atoms with Gasteiger partial charge in [0.05, 0.1) is 11.0 Å². The molecule has 0 N–H and O–H groups in total. The van der Waals surface area contributed by atoms with Crippen LogP contribution >= 0.6 is 0 Å². The summed E-state index contributed by atoms with van der Waals surface area (Å²) in [6.07, 6.45) is 8.66. The summed E-state index contributed by atoms with van der Waals surface area (Å²) in [5.41, 5.74) is 3.79. The van der Waals surface area contributed by atoms with Gasteiger partial charge in [0.1, 0.15) is 5.82 Å². The van der Waals surface area contributed by atoms with Crippen LogP contribution in [0.15, 0.2) is 18.2 Å². The first-order valence-corrected chi connectivity index (χ1v) is 10.4. The lowest BCUT2D eigenvalue weighted by Crippen LogP contribution is -2.26. The number of aryl methyl sites for hydroxylation is 3. The highest BCUT2D eigenvalue weighted by Crippen LogP contribution is 2.20. The molecule has 1 aromatic carbocycles. The fraction of sp³-hybridized carbons (Fsp3) is 0.682. The van der Waals surface area contributed by atoms with E-state index in [0.29, 0.717) is 0 Å². The highest BCUT2D eigenvalue weighted by Gasteiger charge is 2.10. The topological polar surface area (TPSA) is 21.1 Å². The lowest BCUT2D eigenvalue weighted by molar-refractivity contribution is 0.268. The largest absolute Gasteiger partial charge is 0.328 e. The number of rotatable bonds is 12. The van der Waals surface area contributed by atoms with Gasteiger partial charge in [-0.1, -0.05) is 33.3 Å². The van der Waals surface area contributed by atoms with Gasteiger partial charge >= 0.3 is 0 Å². The number of hydrogen-bond acceptors (Lipinski definition) is 2. The van der Waals surface area contributed by atoms with Crippen LogP contribution in [0.2, 0.25) is 0 Å². The minimum atomic E-state index is 1.08. The number of benzene rings is 1. The van der Waals surface area contributed by atoms with Gasteiger partial charge in [0.15, 0.2) is 0 Å². The summed E-state index contributed by atoms with van der Waals surface area (Å²) in [4.78, 5) is 7.54. The maximum Gasteiger partial charge on any atom is 0.109 e. The summed E-state index contributed by atoms with van der Waals surface area (Å²) in [5, 5.41) is 0. The fourth-order valence-electron chi connectivity index (χ4n) is 3.71. The molecule has 2 aromatic rings. The predicted molar refractivity (Wildman–Crippen MR) is 109 cm³/mol. The molecule has 25 heavy (non-hydrogen) atoms. The Labute approximate surface area is 154 Å². The number of imidazole rings is 1. The van der Waals surface area contributed by atoms with E-state index in [0.717, 1.165) is 24.9 Å². The third kappa shape index (κ3) is 5.85. The normalized spacial score (nSPS) is 11.7. The van der Waals surface area contributed by atoms with E-state index in [1.807, 2.05) is 0 Å². The molecule has 0 atom stereocenters. The summed E-state index contributed by atoms with van der Waals surface area (Å²) in [6, 6.07) is 6.63. The number of aromatic nitrogens is 2. The second-order valence-electron chi connectivity index (χ2n) is 7.32. The molecule has 1 aromatic heterocycles. The molecule has 0 aliphatic rings. The van der Waals surface area contributed by atoms with Crippen LogP contribution in [0.1, 0.15) is 70.7 Å². The summed E-state index contributed by atoms with van der Waals surface area (Å²) < 4.78 is 2.45. The maximum atomic E-state index is 4.92. The smallest absolute Gasteiger partial charge is 0.109 e. The standard InChI is InChI=1S/C22H37N3/c1-5-14-24(15-6-2)17-10-8-9-11-22-23-20-13-12-19(4)18-21(20)25(22)16-7-3/h12-13,18H,5-11,14-17H2,1-4H3. The van der Waals surface area contributed by atoms with Gasteiger partial charge in [-0.25, -0.2) is 4.98 Å². The summed E-state index contributed by atoms with van der Waals surface area (Å²) >= 11 is 0. The molecule has 0 fully saturated rings. The lowest BCUT2D eigenvalue weighted by atomic mass is 10.1. The molecule has 0 saturated carbocycles. The third-order valence-corrected chi connectivity index (χ3v) is 4.88. The van der Waals surface area contributed by atoms with Crippen LogP contribution in [0.3, 0.4) is 0 Å². The molecule has 2 rings (SSSR count). The predicted octanol–water partition coefficient (Wildman–Crippen LogP) is 5.59. The van der Waals surface area contributed by atoms with Crippen molar-refractivity contribution in [3.05, 3.63) is 29.6 Å². The van der Waals surface area contributed by atoms with Crippen molar-refractivity contribution in [3.8, 4) is 0 Å². The van der Waals surface area contributed by atoms with Crippen molar-refractivity contribution >= 4 is 11.0 Å². The van der Waals surface area contributed by atoms with Crippen LogP contribution in [-0.4, -0.2) is 34.1 Å². The van der Waals surface area contributed by atoms with E-state index >= 15 is 0 Å². The first kappa shape index (κ1) is 20.0. The molecule has 0 amide bonds. The van der Waals surface area contributed by atoms with E-state index in [2.05, 4.69) is 55.4 Å². The minimum Gasteiger partial charge on any atom is -0.328 e. The molecular weight excluding hydrogens is 306 g/mol. The molecular formula is C22H37N3. The Kier molecular flexibility index (Phi) is 8.47. The number of unbranched alkanes of at least 4 members (excludes halogenated alkanes) is 2. The van der Waals surface area contributed by atoms with Crippen molar-refractivity contribution < 1.29 is 0 Å². The van der Waals surface area contributed by atoms with Gasteiger partial charge in [0.2, 0.25) is 0 Å². The molecule has 3 heteroatoms. The van der Waals surface area contributed by atoms with Crippen LogP contribution in [-0.2, 0) is 13.0 Å². The monoisotopic (exact) mass is 343 g/mol. The zero-order valence-electron chi connectivity index (χ0n) is 16.9. The highest BCUT2D eigenvalue weighted by molar-refractivity contribution is 5.76. The molecule has 0 bridgehead atoms. The van der Waals surface area contributed by atoms with Crippen LogP contribution in [0, 0.1) is 6.92 Å². The third-order valence-electron chi connectivity index (χ3n) is 4.88. The molecule has 0 saturated heterocycles. The van der Waals surface area contributed by atoms with Gasteiger partial charge in [0, 0.05) is 13.0 Å². The Hall–Kier alpha value is -1.35. The average molecular weight is 344 g/mol. The fourth-order valence-corrected chi connectivity index (χ4v) is 3.71. The number of hydrogen-bond donors (Lipinski definition) is 0. The van der Waals surface area contributed by atoms with Crippen LogP contribution < -0.4 is 0 Å². The van der Waals surface area contributed by atoms with E-state index in [4.69, 9.17) is 4.98 Å². The van der Waals surface area contributed by atoms with Gasteiger partial charge in [0.25, 0.3) is 0 Å². The van der Waals surface area contributed by atoms with Crippen molar-refractivity contribution in [2.24, 2.45) is 0 Å². The van der Waals surface area contributed by atoms with Crippen molar-refractivity contribution in [1.29, 1.82) is 0 Å². The maximum absolute atomic E-state index is 4.92. The average Bonchev–Trinajstić information content (AvgIpc) is 2.92. The molecule has 140 valence electrons. The SMILES string of the molecule is CCCN(CCC)CCCCCc1nc2ccc(C)cc2n1CCC. The Morgan fingerprint density at radius 2 is 1.68 bits per heavy atom. The second kappa shape index (κ2) is 10.6. The van der Waals surface area contributed by atoms with Gasteiger partial charge in [-0.3, -0.25) is 0 Å². The molecule has 3 nitrogen and oxygen atoms in total. The van der Waals surface area contributed by atoms with E-state index in [1.165, 1.54) is 68.6 Å². The van der Waals surface area contributed by atoms with E-state index < -0.39 is 0 Å². The Bertz CT molecular complexity index is 623. The Morgan fingerprint density at radius 1 is 0.920 bits per heavy atom. The first-order chi connectivity index (χ1) is 12.2. The van der Waals surface area contributed by atoms with Crippen molar-refractivity contribution in [1.82, 2.24) is 14.5 Å². The quantitative estimate of drug-likeness (QED) is 0.468. The van der Waals surface area contributed by atoms with Gasteiger partial charge < -0.3 is 9.47 Å². The zero-order chi connectivity index (χ0) is 18.1. The molecule has 0 aliphatic heterocycles. The lowest BCUT2D eigenvalue weighted by Gasteiger charge is -2.20. The molecule has 0 aliphatic carbocycles. The van der Waals surface area contributed by atoms with Gasteiger partial charge in [-0.15, -0.1) is 0 Å². The number of nitrogens with zero attached hydrogens (tertiary/aromatic N) is 3. The van der Waals surface area contributed by atoms with Crippen molar-refractivity contribution in [2.75, 3.05) is 19.6 Å². The van der Waals surface area contributed by atoms with Crippen LogP contribution in [0.4, 0.5) is 0 Å².